The number of hydrogen-bond acceptors (Lipinski definition) is 5. The average Bonchev–Trinajstić information content (AvgIpc) is 3.37. The number of benzene rings is 1. The van der Waals surface area contributed by atoms with Crippen LogP contribution in [0.1, 0.15) is 48.3 Å². The fourth-order valence-electron chi connectivity index (χ4n) is 3.84. The smallest absolute Gasteiger partial charge is 0.251 e. The molecule has 33 heavy (non-hydrogen) atoms. The van der Waals surface area contributed by atoms with Crippen molar-refractivity contribution in [3.63, 3.8) is 0 Å². The van der Waals surface area contributed by atoms with Gasteiger partial charge < -0.3 is 25.1 Å². The van der Waals surface area contributed by atoms with Gasteiger partial charge in [0.2, 0.25) is 0 Å². The van der Waals surface area contributed by atoms with E-state index in [1.807, 2.05) is 25.1 Å². The van der Waals surface area contributed by atoms with E-state index in [4.69, 9.17) is 14.1 Å². The Bertz CT molecular complexity index is 854. The van der Waals surface area contributed by atoms with Crippen molar-refractivity contribution in [1.29, 1.82) is 0 Å². The minimum absolute atomic E-state index is 0. The van der Waals surface area contributed by atoms with Crippen LogP contribution in [0.2, 0.25) is 0 Å². The molecule has 0 bridgehead atoms. The zero-order valence-corrected chi connectivity index (χ0v) is 21.8. The largest absolute Gasteiger partial charge is 0.497 e. The van der Waals surface area contributed by atoms with Gasteiger partial charge in [0.15, 0.2) is 5.96 Å². The number of amides is 1. The molecule has 2 heterocycles. The molecule has 182 valence electrons. The number of carbonyl (C=O) groups excluding carboxylic acids is 1. The number of ether oxygens (including phenoxy) is 1. The monoisotopic (exact) mass is 569 g/mol. The van der Waals surface area contributed by atoms with Crippen LogP contribution in [0.4, 0.5) is 0 Å². The molecule has 2 aromatic rings. The van der Waals surface area contributed by atoms with Crippen molar-refractivity contribution in [2.24, 2.45) is 4.99 Å². The molecule has 3 N–H and O–H groups in total. The summed E-state index contributed by atoms with van der Waals surface area (Å²) in [6.45, 7) is 6.60. The molecule has 1 unspecified atom stereocenters. The molecular formula is C24H36IN5O3. The molecule has 1 atom stereocenters. The van der Waals surface area contributed by atoms with Crippen LogP contribution in [-0.2, 0) is 0 Å². The summed E-state index contributed by atoms with van der Waals surface area (Å²) in [5, 5.41) is 9.51. The summed E-state index contributed by atoms with van der Waals surface area (Å²) in [7, 11) is 1.59. The first-order valence-electron chi connectivity index (χ1n) is 11.4. The van der Waals surface area contributed by atoms with E-state index in [-0.39, 0.29) is 35.9 Å². The van der Waals surface area contributed by atoms with Crippen molar-refractivity contribution in [3.8, 4) is 5.75 Å². The molecule has 1 aromatic carbocycles. The molecule has 1 saturated heterocycles. The summed E-state index contributed by atoms with van der Waals surface area (Å²) in [5.41, 5.74) is 0.577. The van der Waals surface area contributed by atoms with Crippen molar-refractivity contribution < 1.29 is 13.9 Å². The number of likely N-dealkylation sites (tertiary alicyclic amines) is 1. The lowest BCUT2D eigenvalue weighted by molar-refractivity contribution is 0.0954. The van der Waals surface area contributed by atoms with Crippen molar-refractivity contribution in [2.75, 3.05) is 46.4 Å². The van der Waals surface area contributed by atoms with Crippen LogP contribution >= 0.6 is 24.0 Å². The molecule has 8 nitrogen and oxygen atoms in total. The molecule has 1 aliphatic rings. The van der Waals surface area contributed by atoms with E-state index in [2.05, 4.69) is 20.9 Å². The molecular weight excluding hydrogens is 533 g/mol. The average molecular weight is 569 g/mol. The zero-order chi connectivity index (χ0) is 22.6. The Morgan fingerprint density at radius 2 is 1.91 bits per heavy atom. The first kappa shape index (κ1) is 27.0. The van der Waals surface area contributed by atoms with Crippen LogP contribution in [0.3, 0.4) is 0 Å². The van der Waals surface area contributed by atoms with Crippen molar-refractivity contribution in [2.45, 2.75) is 32.2 Å². The van der Waals surface area contributed by atoms with E-state index in [9.17, 15) is 4.79 Å². The summed E-state index contributed by atoms with van der Waals surface area (Å²) < 4.78 is 10.9. The Balaban J connectivity index is 0.00000385. The van der Waals surface area contributed by atoms with Gasteiger partial charge in [0.25, 0.3) is 5.91 Å². The maximum atomic E-state index is 12.3. The van der Waals surface area contributed by atoms with Crippen LogP contribution in [0.5, 0.6) is 5.75 Å². The van der Waals surface area contributed by atoms with Gasteiger partial charge in [0.05, 0.1) is 26.0 Å². The van der Waals surface area contributed by atoms with E-state index in [0.29, 0.717) is 30.9 Å². The first-order valence-corrected chi connectivity index (χ1v) is 11.4. The third-order valence-corrected chi connectivity index (χ3v) is 5.50. The van der Waals surface area contributed by atoms with E-state index >= 15 is 0 Å². The number of carbonyl (C=O) groups is 1. The lowest BCUT2D eigenvalue weighted by Crippen LogP contribution is -2.42. The highest BCUT2D eigenvalue weighted by Crippen LogP contribution is 2.25. The molecule has 0 spiro atoms. The number of halogens is 1. The van der Waals surface area contributed by atoms with Crippen LogP contribution < -0.4 is 20.7 Å². The van der Waals surface area contributed by atoms with Crippen molar-refractivity contribution in [3.05, 3.63) is 54.0 Å². The van der Waals surface area contributed by atoms with E-state index in [0.717, 1.165) is 31.4 Å². The lowest BCUT2D eigenvalue weighted by Gasteiger charge is -2.32. The van der Waals surface area contributed by atoms with Gasteiger partial charge in [-0.05, 0) is 63.2 Å². The Kier molecular flexibility index (Phi) is 12.1. The maximum absolute atomic E-state index is 12.3. The first-order chi connectivity index (χ1) is 15.7. The summed E-state index contributed by atoms with van der Waals surface area (Å²) in [6, 6.07) is 11.2. The van der Waals surface area contributed by atoms with Crippen LogP contribution in [0.25, 0.3) is 0 Å². The number of rotatable bonds is 10. The van der Waals surface area contributed by atoms with Crippen molar-refractivity contribution in [1.82, 2.24) is 20.9 Å². The van der Waals surface area contributed by atoms with Gasteiger partial charge in [-0.1, -0.05) is 12.5 Å². The fourth-order valence-corrected chi connectivity index (χ4v) is 3.84. The number of nitrogens with zero attached hydrogens (tertiary/aromatic N) is 2. The van der Waals surface area contributed by atoms with Gasteiger partial charge in [-0.15, -0.1) is 24.0 Å². The number of piperidine rings is 1. The van der Waals surface area contributed by atoms with E-state index in [1.54, 1.807) is 31.6 Å². The van der Waals surface area contributed by atoms with Gasteiger partial charge in [-0.2, -0.15) is 0 Å². The predicted molar refractivity (Wildman–Crippen MR) is 142 cm³/mol. The molecule has 0 aliphatic carbocycles. The van der Waals surface area contributed by atoms with Gasteiger partial charge >= 0.3 is 0 Å². The van der Waals surface area contributed by atoms with Crippen LogP contribution in [0.15, 0.2) is 52.1 Å². The standard InChI is InChI=1S/C24H35N5O3.HI/c1-3-25-24(27-13-12-26-23(30)19-9-7-10-20(17-19)31-2)28-18-21(22-11-8-16-32-22)29-14-5-4-6-15-29;/h7-11,16-17,21H,3-6,12-15,18H2,1-2H3,(H,26,30)(H2,25,27,28);1H. The Labute approximate surface area is 213 Å². The third-order valence-electron chi connectivity index (χ3n) is 5.50. The van der Waals surface area contributed by atoms with Gasteiger partial charge in [-0.25, -0.2) is 0 Å². The number of methoxy groups -OCH3 is 1. The van der Waals surface area contributed by atoms with E-state index in [1.165, 1.54) is 19.3 Å². The minimum atomic E-state index is -0.129. The van der Waals surface area contributed by atoms with Gasteiger partial charge in [0, 0.05) is 25.2 Å². The van der Waals surface area contributed by atoms with Crippen LogP contribution in [-0.4, -0.2) is 63.1 Å². The maximum Gasteiger partial charge on any atom is 0.251 e. The summed E-state index contributed by atoms with van der Waals surface area (Å²) in [4.78, 5) is 19.6. The normalized spacial score (nSPS) is 15.3. The number of aliphatic imine (C=N–C) groups is 1. The number of furan rings is 1. The Hall–Kier alpha value is -2.27. The Morgan fingerprint density at radius 1 is 1.12 bits per heavy atom. The second kappa shape index (κ2) is 14.8. The highest BCUT2D eigenvalue weighted by Gasteiger charge is 2.24. The van der Waals surface area contributed by atoms with Crippen molar-refractivity contribution >= 4 is 35.8 Å². The molecule has 1 amide bonds. The second-order valence-corrected chi connectivity index (χ2v) is 7.76. The molecule has 1 fully saturated rings. The lowest BCUT2D eigenvalue weighted by atomic mass is 10.1. The number of guanidine groups is 1. The fraction of sp³-hybridized carbons (Fsp3) is 0.500. The molecule has 0 saturated carbocycles. The number of nitrogens with one attached hydrogen (secondary N) is 3. The quantitative estimate of drug-likeness (QED) is 0.176. The molecule has 1 aromatic heterocycles. The zero-order valence-electron chi connectivity index (χ0n) is 19.5. The van der Waals surface area contributed by atoms with Crippen LogP contribution in [0, 0.1) is 0 Å². The predicted octanol–water partition coefficient (Wildman–Crippen LogP) is 3.42. The van der Waals surface area contributed by atoms with Gasteiger partial charge in [0.1, 0.15) is 11.5 Å². The summed E-state index contributed by atoms with van der Waals surface area (Å²) in [5.74, 6) is 2.22. The Morgan fingerprint density at radius 3 is 2.61 bits per heavy atom. The van der Waals surface area contributed by atoms with Gasteiger partial charge in [-0.3, -0.25) is 14.7 Å². The highest BCUT2D eigenvalue weighted by molar-refractivity contribution is 14.0. The molecule has 9 heteroatoms. The molecule has 3 rings (SSSR count). The molecule has 1 aliphatic heterocycles. The second-order valence-electron chi connectivity index (χ2n) is 7.76. The summed E-state index contributed by atoms with van der Waals surface area (Å²) in [6.07, 6.45) is 5.44. The van der Waals surface area contributed by atoms with E-state index < -0.39 is 0 Å². The molecule has 0 radical (unpaired) electrons. The SMILES string of the molecule is CCNC(=NCC(c1ccco1)N1CCCCC1)NCCNC(=O)c1cccc(OC)c1.I. The summed E-state index contributed by atoms with van der Waals surface area (Å²) >= 11 is 0. The minimum Gasteiger partial charge on any atom is -0.497 e. The third kappa shape index (κ3) is 8.54. The topological polar surface area (TPSA) is 91.1 Å². The highest BCUT2D eigenvalue weighted by atomic mass is 127. The number of hydrogen-bond donors (Lipinski definition) is 3.